The molecule has 1 N–H and O–H groups in total. The number of rotatable bonds is 10. The first-order valence-electron chi connectivity index (χ1n) is 11.4. The van der Waals surface area contributed by atoms with E-state index in [1.165, 1.54) is 12.1 Å². The summed E-state index contributed by atoms with van der Waals surface area (Å²) in [5, 5.41) is 0. The number of aromatic nitrogens is 2. The third-order valence-electron chi connectivity index (χ3n) is 5.26. The predicted octanol–water partition coefficient (Wildman–Crippen LogP) is 6.80. The molecule has 9 heteroatoms. The summed E-state index contributed by atoms with van der Waals surface area (Å²) in [7, 11) is 0. The highest BCUT2D eigenvalue weighted by molar-refractivity contribution is 7.99. The monoisotopic (exact) mass is 506 g/mol. The lowest BCUT2D eigenvalue weighted by molar-refractivity contribution is -0.145. The molecule has 35 heavy (non-hydrogen) atoms. The third-order valence-corrected chi connectivity index (χ3v) is 6.26. The van der Waals surface area contributed by atoms with Crippen molar-refractivity contribution >= 4 is 17.7 Å². The molecule has 0 aliphatic carbocycles. The van der Waals surface area contributed by atoms with Crippen LogP contribution in [0.2, 0.25) is 0 Å². The van der Waals surface area contributed by atoms with Crippen LogP contribution in [0.4, 0.5) is 13.2 Å². The van der Waals surface area contributed by atoms with Crippen molar-refractivity contribution in [2.45, 2.75) is 51.1 Å². The molecule has 0 amide bonds. The number of ether oxygens (including phenoxy) is 2. The topological polar surface area (TPSA) is 64.2 Å². The van der Waals surface area contributed by atoms with Crippen LogP contribution in [-0.2, 0) is 22.1 Å². The Labute approximate surface area is 207 Å². The largest absolute Gasteiger partial charge is 0.482 e. The number of aromatic amines is 1. The van der Waals surface area contributed by atoms with Crippen molar-refractivity contribution in [1.82, 2.24) is 9.97 Å². The Balaban J connectivity index is 1.64. The van der Waals surface area contributed by atoms with Gasteiger partial charge in [0.2, 0.25) is 0 Å². The summed E-state index contributed by atoms with van der Waals surface area (Å²) in [6.45, 7) is 7.95. The summed E-state index contributed by atoms with van der Waals surface area (Å²) in [5.74, 6) is 1.77. The molecule has 0 saturated carbocycles. The highest BCUT2D eigenvalue weighted by atomic mass is 32.2. The van der Waals surface area contributed by atoms with Gasteiger partial charge in [0, 0.05) is 21.9 Å². The Kier molecular flexibility index (Phi) is 8.88. The fraction of sp³-hybridized carbons (Fsp3) is 0.385. The molecule has 3 rings (SSSR count). The molecule has 0 fully saturated rings. The maximum absolute atomic E-state index is 12.9. The maximum Gasteiger partial charge on any atom is 0.416 e. The Hall–Kier alpha value is -2.94. The van der Waals surface area contributed by atoms with Crippen molar-refractivity contribution in [3.8, 4) is 17.1 Å². The molecule has 0 aliphatic rings. The van der Waals surface area contributed by atoms with Gasteiger partial charge in [0.25, 0.3) is 0 Å². The average Bonchev–Trinajstić information content (AvgIpc) is 3.23. The van der Waals surface area contributed by atoms with Gasteiger partial charge in [-0.2, -0.15) is 13.2 Å². The molecular formula is C26H29F3N2O3S. The maximum atomic E-state index is 12.9. The molecule has 5 nitrogen and oxygen atoms in total. The Morgan fingerprint density at radius 2 is 1.86 bits per heavy atom. The fourth-order valence-electron chi connectivity index (χ4n) is 3.53. The van der Waals surface area contributed by atoms with Gasteiger partial charge in [-0.25, -0.2) is 9.78 Å². The number of thioether (sulfide) groups is 1. The number of nitrogens with one attached hydrogen (secondary N) is 1. The number of carbonyl (C=O) groups excluding carboxylic acids is 1. The minimum Gasteiger partial charge on any atom is -0.482 e. The van der Waals surface area contributed by atoms with Crippen molar-refractivity contribution in [3.05, 3.63) is 65.0 Å². The van der Waals surface area contributed by atoms with E-state index in [9.17, 15) is 18.0 Å². The molecule has 0 unspecified atom stereocenters. The van der Waals surface area contributed by atoms with Crippen LogP contribution in [0.15, 0.2) is 47.4 Å². The Morgan fingerprint density at radius 3 is 2.46 bits per heavy atom. The van der Waals surface area contributed by atoms with Crippen molar-refractivity contribution < 1.29 is 27.4 Å². The molecule has 0 saturated heterocycles. The highest BCUT2D eigenvalue weighted by Gasteiger charge is 2.30. The van der Waals surface area contributed by atoms with E-state index in [1.807, 2.05) is 39.0 Å². The summed E-state index contributed by atoms with van der Waals surface area (Å²) in [6, 6.07) is 10.8. The second-order valence-electron chi connectivity index (χ2n) is 8.30. The van der Waals surface area contributed by atoms with E-state index >= 15 is 0 Å². The zero-order valence-corrected chi connectivity index (χ0v) is 21.0. The number of alkyl halides is 3. The molecule has 2 aromatic carbocycles. The van der Waals surface area contributed by atoms with Crippen LogP contribution in [0.5, 0.6) is 5.75 Å². The SMILES string of the molecule is CCOC(=O)COc1ccc(SCCc2[nH]c(-c3ccc(C(F)(F)F)cc3)nc2C(C)C)cc1C. The van der Waals surface area contributed by atoms with Crippen molar-refractivity contribution in [2.24, 2.45) is 0 Å². The van der Waals surface area contributed by atoms with Gasteiger partial charge in [-0.05, 0) is 62.1 Å². The first kappa shape index (κ1) is 26.7. The van der Waals surface area contributed by atoms with Crippen LogP contribution < -0.4 is 4.74 Å². The lowest BCUT2D eigenvalue weighted by Crippen LogP contribution is -2.14. The van der Waals surface area contributed by atoms with E-state index in [4.69, 9.17) is 9.47 Å². The van der Waals surface area contributed by atoms with Crippen molar-refractivity contribution in [1.29, 1.82) is 0 Å². The summed E-state index contributed by atoms with van der Waals surface area (Å²) in [6.07, 6.45) is -3.64. The normalized spacial score (nSPS) is 11.7. The van der Waals surface area contributed by atoms with Crippen LogP contribution in [-0.4, -0.2) is 34.9 Å². The molecule has 0 aliphatic heterocycles. The molecule has 188 valence electrons. The number of carbonyl (C=O) groups is 1. The summed E-state index contributed by atoms with van der Waals surface area (Å²) in [4.78, 5) is 20.5. The minimum absolute atomic E-state index is 0.125. The van der Waals surface area contributed by atoms with Gasteiger partial charge in [-0.3, -0.25) is 0 Å². The Bertz CT molecular complexity index is 1140. The highest BCUT2D eigenvalue weighted by Crippen LogP contribution is 2.32. The zero-order chi connectivity index (χ0) is 25.6. The quantitative estimate of drug-likeness (QED) is 0.242. The van der Waals surface area contributed by atoms with Crippen LogP contribution >= 0.6 is 11.8 Å². The number of H-pyrrole nitrogens is 1. The first-order valence-corrected chi connectivity index (χ1v) is 12.3. The lowest BCUT2D eigenvalue weighted by Gasteiger charge is -2.10. The molecule has 0 atom stereocenters. The van der Waals surface area contributed by atoms with Gasteiger partial charge in [-0.1, -0.05) is 26.0 Å². The second kappa shape index (κ2) is 11.7. The van der Waals surface area contributed by atoms with Gasteiger partial charge >= 0.3 is 12.1 Å². The van der Waals surface area contributed by atoms with E-state index in [0.717, 1.165) is 46.2 Å². The molecule has 1 aromatic heterocycles. The van der Waals surface area contributed by atoms with E-state index < -0.39 is 17.7 Å². The molecule has 0 spiro atoms. The smallest absolute Gasteiger partial charge is 0.416 e. The van der Waals surface area contributed by atoms with E-state index in [2.05, 4.69) is 9.97 Å². The standard InChI is InChI=1S/C26H29F3N2O3S/c1-5-33-23(32)15-34-22-11-10-20(14-17(22)4)35-13-12-21-24(16(2)3)31-25(30-21)18-6-8-19(9-7-18)26(27,28)29/h6-11,14,16H,5,12-13,15H2,1-4H3,(H,30,31). The van der Waals surface area contributed by atoms with E-state index in [-0.39, 0.29) is 12.5 Å². The average molecular weight is 507 g/mol. The van der Waals surface area contributed by atoms with Gasteiger partial charge in [-0.15, -0.1) is 11.8 Å². The van der Waals surface area contributed by atoms with Gasteiger partial charge in [0.15, 0.2) is 6.61 Å². The number of imidazole rings is 1. The Morgan fingerprint density at radius 1 is 1.14 bits per heavy atom. The molecule has 1 heterocycles. The van der Waals surface area contributed by atoms with Gasteiger partial charge in [0.1, 0.15) is 11.6 Å². The van der Waals surface area contributed by atoms with Gasteiger partial charge < -0.3 is 14.5 Å². The fourth-order valence-corrected chi connectivity index (χ4v) is 4.49. The summed E-state index contributed by atoms with van der Waals surface area (Å²) >= 11 is 1.68. The molecular weight excluding hydrogens is 477 g/mol. The summed E-state index contributed by atoms with van der Waals surface area (Å²) < 4.78 is 49.0. The molecule has 0 radical (unpaired) electrons. The van der Waals surface area contributed by atoms with Gasteiger partial charge in [0.05, 0.1) is 17.9 Å². The van der Waals surface area contributed by atoms with Crippen LogP contribution in [0.1, 0.15) is 49.2 Å². The number of hydrogen-bond acceptors (Lipinski definition) is 5. The second-order valence-corrected chi connectivity index (χ2v) is 9.47. The number of hydrogen-bond donors (Lipinski definition) is 1. The first-order chi connectivity index (χ1) is 16.6. The minimum atomic E-state index is -4.36. The number of halogens is 3. The number of esters is 1. The van der Waals surface area contributed by atoms with Crippen molar-refractivity contribution in [3.63, 3.8) is 0 Å². The van der Waals surface area contributed by atoms with E-state index in [0.29, 0.717) is 23.7 Å². The number of aryl methyl sites for hydroxylation is 2. The third kappa shape index (κ3) is 7.27. The zero-order valence-electron chi connectivity index (χ0n) is 20.2. The van der Waals surface area contributed by atoms with Crippen LogP contribution in [0, 0.1) is 6.92 Å². The number of nitrogens with zero attached hydrogens (tertiary/aromatic N) is 1. The predicted molar refractivity (Wildman–Crippen MR) is 131 cm³/mol. The summed E-state index contributed by atoms with van der Waals surface area (Å²) in [5.41, 5.74) is 2.76. The van der Waals surface area contributed by atoms with Crippen molar-refractivity contribution in [2.75, 3.05) is 19.0 Å². The lowest BCUT2D eigenvalue weighted by atomic mass is 10.1. The molecule has 0 bridgehead atoms. The van der Waals surface area contributed by atoms with E-state index in [1.54, 1.807) is 18.7 Å². The number of benzene rings is 2. The van der Waals surface area contributed by atoms with Crippen LogP contribution in [0.3, 0.4) is 0 Å². The molecule has 3 aromatic rings. The van der Waals surface area contributed by atoms with Crippen LogP contribution in [0.25, 0.3) is 11.4 Å².